The van der Waals surface area contributed by atoms with Crippen LogP contribution in [0.1, 0.15) is 0 Å². The van der Waals surface area contributed by atoms with Crippen LogP contribution in [0.4, 0.5) is 26.3 Å². The van der Waals surface area contributed by atoms with E-state index in [1.54, 1.807) is 0 Å². The van der Waals surface area contributed by atoms with E-state index < -0.39 is 23.9 Å². The maximum absolute atomic E-state index is 11.7. The Labute approximate surface area is 85.4 Å². The molecule has 0 aromatic carbocycles. The second kappa shape index (κ2) is 4.45. The van der Waals surface area contributed by atoms with Gasteiger partial charge in [0, 0.05) is 13.1 Å². The van der Waals surface area contributed by atoms with Crippen LogP contribution < -0.4 is 11.1 Å². The molecule has 0 aromatic heterocycles. The Balaban J connectivity index is 0.000000293. The molecule has 4 nitrogen and oxygen atoms in total. The summed E-state index contributed by atoms with van der Waals surface area (Å²) >= 11 is 0. The Morgan fingerprint density at radius 3 is 1.50 bits per heavy atom. The molecule has 0 bridgehead atoms. The number of nitrogens with two attached hydrogens (primary N) is 1. The lowest BCUT2D eigenvalue weighted by Crippen LogP contribution is -2.73. The van der Waals surface area contributed by atoms with Gasteiger partial charge in [-0.3, -0.25) is 0 Å². The average Bonchev–Trinajstić information content (AvgIpc) is 1.97. The molecule has 96 valence electrons. The minimum atomic E-state index is -5.08. The van der Waals surface area contributed by atoms with Crippen LogP contribution in [-0.2, 0) is 4.79 Å². The third-order valence-corrected chi connectivity index (χ3v) is 1.69. The summed E-state index contributed by atoms with van der Waals surface area (Å²) in [4.78, 5) is 8.90. The number of hydrogen-bond donors (Lipinski definition) is 3. The molecule has 4 N–H and O–H groups in total. The number of halogens is 6. The topological polar surface area (TPSA) is 75.3 Å². The monoisotopic (exact) mass is 254 g/mol. The van der Waals surface area contributed by atoms with E-state index in [0.29, 0.717) is 0 Å². The van der Waals surface area contributed by atoms with Gasteiger partial charge in [-0.2, -0.15) is 26.3 Å². The van der Waals surface area contributed by atoms with Crippen molar-refractivity contribution in [2.75, 3.05) is 13.1 Å². The van der Waals surface area contributed by atoms with Crippen LogP contribution in [0.3, 0.4) is 0 Å². The maximum Gasteiger partial charge on any atom is 0.490 e. The molecule has 0 spiro atoms. The summed E-state index contributed by atoms with van der Waals surface area (Å²) in [5.41, 5.74) is 2.94. The van der Waals surface area contributed by atoms with Crippen molar-refractivity contribution in [2.24, 2.45) is 5.73 Å². The van der Waals surface area contributed by atoms with E-state index in [0.717, 1.165) is 0 Å². The van der Waals surface area contributed by atoms with Crippen molar-refractivity contribution in [1.29, 1.82) is 0 Å². The third-order valence-electron chi connectivity index (χ3n) is 1.69. The quantitative estimate of drug-likeness (QED) is 0.550. The molecule has 0 radical (unpaired) electrons. The average molecular weight is 254 g/mol. The van der Waals surface area contributed by atoms with Crippen LogP contribution >= 0.6 is 0 Å². The molecule has 1 heterocycles. The summed E-state index contributed by atoms with van der Waals surface area (Å²) in [5.74, 6) is -2.76. The third kappa shape index (κ3) is 3.85. The van der Waals surface area contributed by atoms with E-state index in [4.69, 9.17) is 15.6 Å². The Morgan fingerprint density at radius 1 is 1.19 bits per heavy atom. The highest BCUT2D eigenvalue weighted by atomic mass is 19.4. The Bertz CT molecular complexity index is 257. The molecule has 1 saturated heterocycles. The first-order valence-corrected chi connectivity index (χ1v) is 3.76. The van der Waals surface area contributed by atoms with Crippen molar-refractivity contribution in [3.63, 3.8) is 0 Å². The molecule has 0 atom stereocenters. The van der Waals surface area contributed by atoms with Gasteiger partial charge in [-0.25, -0.2) is 4.79 Å². The van der Waals surface area contributed by atoms with E-state index >= 15 is 0 Å². The van der Waals surface area contributed by atoms with Crippen molar-refractivity contribution < 1.29 is 36.2 Å². The van der Waals surface area contributed by atoms with Crippen molar-refractivity contribution in [3.05, 3.63) is 0 Å². The van der Waals surface area contributed by atoms with E-state index in [1.807, 2.05) is 0 Å². The van der Waals surface area contributed by atoms with Gasteiger partial charge in [0.25, 0.3) is 0 Å². The molecule has 1 rings (SSSR count). The van der Waals surface area contributed by atoms with E-state index in [-0.39, 0.29) is 13.1 Å². The maximum atomic E-state index is 11.7. The fourth-order valence-electron chi connectivity index (χ4n) is 0.595. The first-order chi connectivity index (χ1) is 6.90. The lowest BCUT2D eigenvalue weighted by atomic mass is 9.93. The summed E-state index contributed by atoms with van der Waals surface area (Å²) in [5, 5.41) is 9.59. The zero-order valence-corrected chi connectivity index (χ0v) is 7.61. The number of aliphatic carboxylic acids is 1. The molecule has 0 saturated carbocycles. The highest BCUT2D eigenvalue weighted by Crippen LogP contribution is 2.30. The Kier molecular flexibility index (Phi) is 4.17. The van der Waals surface area contributed by atoms with E-state index in [9.17, 15) is 26.3 Å². The molecular weight excluding hydrogens is 246 g/mol. The number of nitrogens with one attached hydrogen (secondary N) is 1. The van der Waals surface area contributed by atoms with Gasteiger partial charge < -0.3 is 16.2 Å². The van der Waals surface area contributed by atoms with Gasteiger partial charge in [0.2, 0.25) is 0 Å². The molecule has 0 aromatic rings. The number of alkyl halides is 6. The van der Waals surface area contributed by atoms with Crippen LogP contribution in [0.2, 0.25) is 0 Å². The number of carbonyl (C=O) groups is 1. The fraction of sp³-hybridized carbons (Fsp3) is 0.833. The molecule has 10 heteroatoms. The molecule has 0 aliphatic carbocycles. The number of carboxylic acid groups (broad SMARTS) is 1. The zero-order valence-electron chi connectivity index (χ0n) is 7.61. The minimum Gasteiger partial charge on any atom is -0.475 e. The largest absolute Gasteiger partial charge is 0.490 e. The molecule has 0 amide bonds. The van der Waals surface area contributed by atoms with Crippen LogP contribution in [0, 0.1) is 0 Å². The van der Waals surface area contributed by atoms with Gasteiger partial charge in [0.15, 0.2) is 0 Å². The van der Waals surface area contributed by atoms with Gasteiger partial charge >= 0.3 is 18.3 Å². The zero-order chi connectivity index (χ0) is 13.2. The number of rotatable bonds is 0. The van der Waals surface area contributed by atoms with Crippen molar-refractivity contribution in [2.45, 2.75) is 17.9 Å². The van der Waals surface area contributed by atoms with E-state index in [1.165, 1.54) is 0 Å². The standard InChI is InChI=1S/C4H7F3N2.C2HF3O2/c5-4(6,7)3(8)1-9-2-3;3-2(4,5)1(6)7/h9H,1-2,8H2;(H,6,7). The van der Waals surface area contributed by atoms with Crippen LogP contribution in [0.5, 0.6) is 0 Å². The normalized spacial score (nSPS) is 19.2. The molecule has 1 fully saturated rings. The lowest BCUT2D eigenvalue weighted by molar-refractivity contribution is -0.197. The minimum absolute atomic E-state index is 0.156. The smallest absolute Gasteiger partial charge is 0.475 e. The van der Waals surface area contributed by atoms with Crippen molar-refractivity contribution in [3.8, 4) is 0 Å². The first-order valence-electron chi connectivity index (χ1n) is 3.76. The van der Waals surface area contributed by atoms with Gasteiger partial charge in [-0.05, 0) is 0 Å². The second-order valence-corrected chi connectivity index (χ2v) is 3.06. The van der Waals surface area contributed by atoms with Gasteiger partial charge in [-0.15, -0.1) is 0 Å². The van der Waals surface area contributed by atoms with Crippen molar-refractivity contribution in [1.82, 2.24) is 5.32 Å². The highest BCUT2D eigenvalue weighted by molar-refractivity contribution is 5.73. The number of hydrogen-bond acceptors (Lipinski definition) is 3. The van der Waals surface area contributed by atoms with Crippen molar-refractivity contribution >= 4 is 5.97 Å². The molecule has 0 unspecified atom stereocenters. The lowest BCUT2D eigenvalue weighted by Gasteiger charge is -2.40. The summed E-state index contributed by atoms with van der Waals surface area (Å²) in [6, 6.07) is 0. The second-order valence-electron chi connectivity index (χ2n) is 3.06. The fourth-order valence-corrected chi connectivity index (χ4v) is 0.595. The van der Waals surface area contributed by atoms with Gasteiger partial charge in [-0.1, -0.05) is 0 Å². The van der Waals surface area contributed by atoms with E-state index in [2.05, 4.69) is 5.32 Å². The van der Waals surface area contributed by atoms with Gasteiger partial charge in [0.05, 0.1) is 0 Å². The predicted octanol–water partition coefficient (Wildman–Crippen LogP) is 0.483. The molecular formula is C6H8F6N2O2. The Morgan fingerprint density at radius 2 is 1.50 bits per heavy atom. The number of carboxylic acids is 1. The predicted molar refractivity (Wildman–Crippen MR) is 39.5 cm³/mol. The molecule has 16 heavy (non-hydrogen) atoms. The highest BCUT2D eigenvalue weighted by Gasteiger charge is 2.55. The molecule has 1 aliphatic rings. The summed E-state index contributed by atoms with van der Waals surface area (Å²) in [6.45, 7) is -0.312. The Hall–Kier alpha value is -1.03. The van der Waals surface area contributed by atoms with Crippen LogP contribution in [-0.4, -0.2) is 42.1 Å². The molecule has 1 aliphatic heterocycles. The summed E-state index contributed by atoms with van der Waals surface area (Å²) in [7, 11) is 0. The SMILES string of the molecule is NC1(C(F)(F)F)CNC1.O=C(O)C(F)(F)F. The van der Waals surface area contributed by atoms with Crippen LogP contribution in [0.15, 0.2) is 0 Å². The summed E-state index contributed by atoms with van der Waals surface area (Å²) in [6.07, 6.45) is -9.34. The van der Waals surface area contributed by atoms with Gasteiger partial charge in [0.1, 0.15) is 5.54 Å². The first kappa shape index (κ1) is 15.0. The summed E-state index contributed by atoms with van der Waals surface area (Å²) < 4.78 is 66.9. The van der Waals surface area contributed by atoms with Crippen LogP contribution in [0.25, 0.3) is 0 Å².